The second-order valence-electron chi connectivity index (χ2n) is 8.32. The van der Waals surface area contributed by atoms with Crippen molar-refractivity contribution in [1.29, 1.82) is 5.26 Å². The molecule has 0 fully saturated rings. The van der Waals surface area contributed by atoms with Crippen LogP contribution in [0.1, 0.15) is 34.2 Å². The smallest absolute Gasteiger partial charge is 0.471 e. The van der Waals surface area contributed by atoms with Crippen molar-refractivity contribution in [2.75, 3.05) is 13.7 Å². The van der Waals surface area contributed by atoms with Crippen molar-refractivity contribution in [1.82, 2.24) is 9.62 Å². The first-order valence-corrected chi connectivity index (χ1v) is 12.1. The van der Waals surface area contributed by atoms with E-state index in [1.165, 1.54) is 23.5 Å². The van der Waals surface area contributed by atoms with Crippen LogP contribution in [0.15, 0.2) is 35.2 Å². The predicted octanol–water partition coefficient (Wildman–Crippen LogP) is 2.85. The predicted molar refractivity (Wildman–Crippen MR) is 115 cm³/mol. The molecule has 1 aliphatic carbocycles. The van der Waals surface area contributed by atoms with Gasteiger partial charge in [0.1, 0.15) is 5.75 Å². The molecule has 0 spiro atoms. The van der Waals surface area contributed by atoms with Crippen LogP contribution in [-0.4, -0.2) is 44.5 Å². The molecule has 1 aliphatic heterocycles. The van der Waals surface area contributed by atoms with E-state index in [1.54, 1.807) is 12.1 Å². The van der Waals surface area contributed by atoms with Gasteiger partial charge in [0.25, 0.3) is 0 Å². The summed E-state index contributed by atoms with van der Waals surface area (Å²) in [7, 11) is -2.53. The zero-order chi connectivity index (χ0) is 24.7. The minimum atomic E-state index is -4.99. The minimum Gasteiger partial charge on any atom is -0.496 e. The highest BCUT2D eigenvalue weighted by Crippen LogP contribution is 2.37. The fourth-order valence-electron chi connectivity index (χ4n) is 4.58. The van der Waals surface area contributed by atoms with Crippen molar-refractivity contribution in [2.24, 2.45) is 0 Å². The molecule has 2 aromatic rings. The van der Waals surface area contributed by atoms with Gasteiger partial charge in [-0.05, 0) is 66.6 Å². The van der Waals surface area contributed by atoms with E-state index in [0.29, 0.717) is 28.9 Å². The fourth-order valence-corrected chi connectivity index (χ4v) is 6.28. The average molecular weight is 494 g/mol. The molecule has 0 radical (unpaired) electrons. The monoisotopic (exact) mass is 493 g/mol. The molecule has 180 valence electrons. The molecular weight excluding hydrogens is 471 g/mol. The van der Waals surface area contributed by atoms with Crippen LogP contribution in [0.4, 0.5) is 13.2 Å². The summed E-state index contributed by atoms with van der Waals surface area (Å²) in [6, 6.07) is 9.45. The van der Waals surface area contributed by atoms with Gasteiger partial charge in [-0.1, -0.05) is 6.07 Å². The number of alkyl halides is 3. The summed E-state index contributed by atoms with van der Waals surface area (Å²) in [6.45, 7) is 0.393. The third-order valence-electron chi connectivity index (χ3n) is 6.28. The zero-order valence-electron chi connectivity index (χ0n) is 18.3. The lowest BCUT2D eigenvalue weighted by Crippen LogP contribution is -2.45. The van der Waals surface area contributed by atoms with Gasteiger partial charge in [0.2, 0.25) is 10.0 Å². The van der Waals surface area contributed by atoms with Gasteiger partial charge in [-0.3, -0.25) is 4.79 Å². The third-order valence-corrected chi connectivity index (χ3v) is 8.21. The van der Waals surface area contributed by atoms with Crippen LogP contribution in [0.5, 0.6) is 5.75 Å². The Hall–Kier alpha value is -3.10. The molecule has 1 N–H and O–H groups in total. The van der Waals surface area contributed by atoms with Crippen molar-refractivity contribution in [3.8, 4) is 11.8 Å². The number of halogens is 3. The maximum atomic E-state index is 13.6. The molecule has 4 rings (SSSR count). The first-order chi connectivity index (χ1) is 16.0. The molecule has 2 aromatic carbocycles. The van der Waals surface area contributed by atoms with E-state index in [0.717, 1.165) is 11.1 Å². The number of carbonyl (C=O) groups excluding carboxylic acids is 1. The molecular formula is C23H22F3N3O4S. The van der Waals surface area contributed by atoms with Gasteiger partial charge in [-0.15, -0.1) is 0 Å². The van der Waals surface area contributed by atoms with Gasteiger partial charge in [0.05, 0.1) is 23.6 Å². The second kappa shape index (κ2) is 8.92. The Balaban J connectivity index is 1.65. The van der Waals surface area contributed by atoms with Crippen molar-refractivity contribution in [3.05, 3.63) is 58.1 Å². The lowest BCUT2D eigenvalue weighted by atomic mass is 9.87. The zero-order valence-corrected chi connectivity index (χ0v) is 19.1. The molecule has 0 saturated carbocycles. The molecule has 2 aliphatic rings. The first-order valence-electron chi connectivity index (χ1n) is 10.6. The number of nitriles is 1. The number of nitrogens with zero attached hydrogens (tertiary/aromatic N) is 2. The van der Waals surface area contributed by atoms with Crippen LogP contribution in [0.2, 0.25) is 0 Å². The maximum Gasteiger partial charge on any atom is 0.471 e. The van der Waals surface area contributed by atoms with Gasteiger partial charge in [0.15, 0.2) is 0 Å². The van der Waals surface area contributed by atoms with Gasteiger partial charge < -0.3 is 10.1 Å². The highest BCUT2D eigenvalue weighted by Gasteiger charge is 2.41. The summed E-state index contributed by atoms with van der Waals surface area (Å²) < 4.78 is 72.0. The number of hydrogen-bond donors (Lipinski definition) is 1. The average Bonchev–Trinajstić information content (AvgIpc) is 2.81. The second-order valence-corrected chi connectivity index (χ2v) is 10.2. The molecule has 7 nitrogen and oxygen atoms in total. The van der Waals surface area contributed by atoms with Crippen LogP contribution in [-0.2, 0) is 40.6 Å². The van der Waals surface area contributed by atoms with E-state index in [4.69, 9.17) is 10.00 Å². The summed E-state index contributed by atoms with van der Waals surface area (Å²) in [5, 5.41) is 11.2. The summed E-state index contributed by atoms with van der Waals surface area (Å²) in [4.78, 5) is 11.5. The van der Waals surface area contributed by atoms with E-state index in [-0.39, 0.29) is 37.2 Å². The van der Waals surface area contributed by atoms with Gasteiger partial charge >= 0.3 is 12.1 Å². The quantitative estimate of drug-likeness (QED) is 0.706. The highest BCUT2D eigenvalue weighted by atomic mass is 32.2. The summed E-state index contributed by atoms with van der Waals surface area (Å²) in [6.07, 6.45) is -4.13. The van der Waals surface area contributed by atoms with E-state index >= 15 is 0 Å². The molecule has 0 bridgehead atoms. The number of sulfonamides is 1. The van der Waals surface area contributed by atoms with Crippen LogP contribution >= 0.6 is 0 Å². The molecule has 34 heavy (non-hydrogen) atoms. The Morgan fingerprint density at radius 2 is 1.94 bits per heavy atom. The van der Waals surface area contributed by atoms with Crippen molar-refractivity contribution in [2.45, 2.75) is 49.3 Å². The number of nitrogens with one attached hydrogen (secondary N) is 1. The SMILES string of the molecule is COc1ccc(S(=O)(=O)N2CCc3ccc(C#N)cc3C2)c2c1C[C@@H](NC(=O)C(F)(F)F)CC2. The van der Waals surface area contributed by atoms with Crippen molar-refractivity contribution < 1.29 is 31.1 Å². The first kappa shape index (κ1) is 24.0. The Morgan fingerprint density at radius 3 is 2.62 bits per heavy atom. The van der Waals surface area contributed by atoms with E-state index in [2.05, 4.69) is 6.07 Å². The fraction of sp³-hybridized carbons (Fsp3) is 0.391. The molecule has 0 aromatic heterocycles. The number of hydrogen-bond acceptors (Lipinski definition) is 5. The van der Waals surface area contributed by atoms with Crippen LogP contribution in [0, 0.1) is 11.3 Å². The van der Waals surface area contributed by atoms with Gasteiger partial charge in [-0.25, -0.2) is 8.42 Å². The molecule has 0 saturated heterocycles. The Kier molecular flexibility index (Phi) is 6.31. The van der Waals surface area contributed by atoms with Crippen LogP contribution in [0.25, 0.3) is 0 Å². The number of methoxy groups -OCH3 is 1. The molecule has 11 heteroatoms. The molecule has 1 atom stereocenters. The number of benzene rings is 2. The van der Waals surface area contributed by atoms with Gasteiger partial charge in [-0.2, -0.15) is 22.7 Å². The Bertz CT molecular complexity index is 1290. The standard InChI is InChI=1S/C23H22F3N3O4S/c1-33-20-6-7-21(18-5-4-17(11-19(18)20)28-22(30)23(24,25)26)34(31,32)29-9-8-15-3-2-14(12-27)10-16(15)13-29/h2-3,6-7,10,17H,4-5,8-9,11,13H2,1H3,(H,28,30)/t17-/m0/s1. The highest BCUT2D eigenvalue weighted by molar-refractivity contribution is 7.89. The lowest BCUT2D eigenvalue weighted by Gasteiger charge is -2.32. The maximum absolute atomic E-state index is 13.6. The topological polar surface area (TPSA) is 99.5 Å². The van der Waals surface area contributed by atoms with Crippen molar-refractivity contribution >= 4 is 15.9 Å². The van der Waals surface area contributed by atoms with E-state index < -0.39 is 28.1 Å². The molecule has 1 amide bonds. The summed E-state index contributed by atoms with van der Waals surface area (Å²) in [5.74, 6) is -1.66. The van der Waals surface area contributed by atoms with Crippen LogP contribution < -0.4 is 10.1 Å². The number of rotatable bonds is 4. The number of amides is 1. The summed E-state index contributed by atoms with van der Waals surface area (Å²) >= 11 is 0. The minimum absolute atomic E-state index is 0.0258. The van der Waals surface area contributed by atoms with Gasteiger partial charge in [0, 0.05) is 24.7 Å². The van der Waals surface area contributed by atoms with Crippen molar-refractivity contribution in [3.63, 3.8) is 0 Å². The van der Waals surface area contributed by atoms with Crippen LogP contribution in [0.3, 0.4) is 0 Å². The Morgan fingerprint density at radius 1 is 1.18 bits per heavy atom. The normalized spacial score (nSPS) is 18.4. The summed E-state index contributed by atoms with van der Waals surface area (Å²) in [5.41, 5.74) is 3.18. The number of ether oxygens (including phenoxy) is 1. The Labute approximate surface area is 195 Å². The molecule has 0 unspecified atom stereocenters. The third kappa shape index (κ3) is 4.48. The number of carbonyl (C=O) groups is 1. The number of fused-ring (bicyclic) bond motifs is 2. The largest absolute Gasteiger partial charge is 0.496 e. The lowest BCUT2D eigenvalue weighted by molar-refractivity contribution is -0.174. The molecule has 1 heterocycles. The van der Waals surface area contributed by atoms with E-state index in [1.807, 2.05) is 11.4 Å². The van der Waals surface area contributed by atoms with E-state index in [9.17, 15) is 26.4 Å².